The molecule has 1 saturated carbocycles. The Morgan fingerprint density at radius 3 is 2.95 bits per heavy atom. The number of anilines is 1. The number of aliphatic hydroxyl groups excluding tert-OH is 1. The fourth-order valence-corrected chi connectivity index (χ4v) is 2.68. The van der Waals surface area contributed by atoms with E-state index in [-0.39, 0.29) is 12.4 Å². The minimum absolute atomic E-state index is 0.251. The molecule has 0 aliphatic heterocycles. The van der Waals surface area contributed by atoms with Gasteiger partial charge in [-0.2, -0.15) is 0 Å². The molecule has 3 rings (SSSR count). The van der Waals surface area contributed by atoms with Crippen LogP contribution in [0.1, 0.15) is 6.42 Å². The molecule has 0 spiro atoms. The second-order valence-corrected chi connectivity index (χ2v) is 7.66. The zero-order valence-electron chi connectivity index (χ0n) is 11.3. The first-order valence-corrected chi connectivity index (χ1v) is 8.57. The number of imidazole rings is 1. The van der Waals surface area contributed by atoms with Crippen molar-refractivity contribution in [3.05, 3.63) is 12.7 Å². The topological polar surface area (TPSA) is 139 Å². The normalized spacial score (nSPS) is 27.7. The van der Waals surface area contributed by atoms with E-state index in [9.17, 15) is 14.6 Å². The molecule has 2 heterocycles. The van der Waals surface area contributed by atoms with Crippen LogP contribution in [0.15, 0.2) is 12.7 Å². The number of nitrogens with two attached hydrogens (primary N) is 1. The van der Waals surface area contributed by atoms with Crippen molar-refractivity contribution in [2.45, 2.75) is 24.7 Å². The number of rotatable bonds is 5. The summed E-state index contributed by atoms with van der Waals surface area (Å²) in [5.41, 5.74) is 5.78. The van der Waals surface area contributed by atoms with Crippen LogP contribution in [0.25, 0.3) is 11.2 Å². The molecule has 3 N–H and O–H groups in total. The van der Waals surface area contributed by atoms with Crippen LogP contribution < -0.4 is 10.6 Å². The number of hydrogen-bond donors (Lipinski definition) is 2. The van der Waals surface area contributed by atoms with Crippen LogP contribution in [0, 0.1) is 0 Å². The number of ether oxygens (including phenoxy) is 1. The number of fused-ring (bicyclic) bond motifs is 1. The van der Waals surface area contributed by atoms with Gasteiger partial charge in [0.1, 0.15) is 17.4 Å². The van der Waals surface area contributed by atoms with Gasteiger partial charge in [-0.1, -0.05) is 0 Å². The number of nitrogen functional groups attached to an aromatic ring is 1. The summed E-state index contributed by atoms with van der Waals surface area (Å²) in [7, 11) is -3.55. The van der Waals surface area contributed by atoms with Crippen LogP contribution in [0.3, 0.4) is 0 Å². The van der Waals surface area contributed by atoms with Crippen molar-refractivity contribution in [1.82, 2.24) is 19.5 Å². The van der Waals surface area contributed by atoms with Gasteiger partial charge in [-0.15, -0.1) is 0 Å². The Bertz CT molecular complexity index is 728. The van der Waals surface area contributed by atoms with Crippen molar-refractivity contribution in [3.63, 3.8) is 0 Å². The van der Waals surface area contributed by atoms with E-state index in [0.717, 1.165) is 6.66 Å². The van der Waals surface area contributed by atoms with Crippen LogP contribution in [-0.4, -0.2) is 49.3 Å². The second-order valence-electron chi connectivity index (χ2n) is 5.38. The molecule has 2 aromatic heterocycles. The molecule has 3 atom stereocenters. The molecule has 1 aliphatic carbocycles. The van der Waals surface area contributed by atoms with Gasteiger partial charge in [0.15, 0.2) is 11.5 Å². The maximum atomic E-state index is 11.2. The Morgan fingerprint density at radius 2 is 2.33 bits per heavy atom. The molecule has 0 bridgehead atoms. The second kappa shape index (κ2) is 4.74. The summed E-state index contributed by atoms with van der Waals surface area (Å²) < 4.78 is 18.3. The Balaban J connectivity index is 1.84. The molecule has 9 nitrogen and oxygen atoms in total. The average Bonchev–Trinajstić information content (AvgIpc) is 2.83. The van der Waals surface area contributed by atoms with E-state index in [0.29, 0.717) is 17.6 Å². The van der Waals surface area contributed by atoms with Gasteiger partial charge in [0.25, 0.3) is 0 Å². The minimum Gasteiger partial charge on any atom is -0.798 e. The predicted molar refractivity (Wildman–Crippen MR) is 72.6 cm³/mol. The molecular weight excluding hydrogens is 297 g/mol. The van der Waals surface area contributed by atoms with Crippen LogP contribution in [0.4, 0.5) is 5.82 Å². The van der Waals surface area contributed by atoms with Crippen molar-refractivity contribution < 1.29 is 19.3 Å². The first-order chi connectivity index (χ1) is 9.81. The molecule has 0 saturated heterocycles. The average molecular weight is 312 g/mol. The largest absolute Gasteiger partial charge is 0.798 e. The lowest BCUT2D eigenvalue weighted by atomic mass is 10.3. The van der Waals surface area contributed by atoms with Gasteiger partial charge in [-0.25, -0.2) is 15.0 Å². The number of hydrogen-bond acceptors (Lipinski definition) is 8. The molecule has 1 fully saturated rings. The van der Waals surface area contributed by atoms with Crippen LogP contribution in [0.2, 0.25) is 0 Å². The highest BCUT2D eigenvalue weighted by atomic mass is 31.2. The number of nitrogens with zero attached hydrogens (tertiary/aromatic N) is 4. The quantitative estimate of drug-likeness (QED) is 0.681. The zero-order valence-corrected chi connectivity index (χ0v) is 12.2. The molecule has 3 unspecified atom stereocenters. The number of aliphatic hydroxyl groups is 1. The fourth-order valence-electron chi connectivity index (χ4n) is 2.19. The Labute approximate surface area is 120 Å². The summed E-state index contributed by atoms with van der Waals surface area (Å²) in [5.74, 6) is 0.266. The predicted octanol–water partition coefficient (Wildman–Crippen LogP) is -0.846. The van der Waals surface area contributed by atoms with Gasteiger partial charge in [-0.05, 0) is 6.66 Å². The van der Waals surface area contributed by atoms with E-state index >= 15 is 0 Å². The summed E-state index contributed by atoms with van der Waals surface area (Å²) >= 11 is 0. The van der Waals surface area contributed by atoms with Gasteiger partial charge in [0.05, 0.1) is 25.3 Å². The standard InChI is InChI=1S/C11H16N5O4P/c1-21(18,19)6-20-11(2-7(11)17)3-16-5-15-8-9(12)13-4-14-10(8)16/h4-5,7,17H,2-3,6H2,1H3,(H,18,19)(H2,12,13,14)/p-1. The molecule has 0 amide bonds. The SMILES string of the molecule is CP(=O)([O-])COC1(Cn2cnc3c(N)ncnc32)CC1O. The third kappa shape index (κ3) is 2.77. The highest BCUT2D eigenvalue weighted by molar-refractivity contribution is 7.55. The fraction of sp³-hybridized carbons (Fsp3) is 0.545. The molecule has 10 heteroatoms. The maximum Gasteiger partial charge on any atom is 0.165 e. The third-order valence-corrected chi connectivity index (χ3v) is 4.04. The van der Waals surface area contributed by atoms with Crippen molar-refractivity contribution >= 4 is 24.4 Å². The van der Waals surface area contributed by atoms with Crippen molar-refractivity contribution in [2.75, 3.05) is 18.7 Å². The van der Waals surface area contributed by atoms with E-state index in [1.165, 1.54) is 12.7 Å². The molecular formula is C11H15N5O4P-. The van der Waals surface area contributed by atoms with Crippen LogP contribution in [-0.2, 0) is 15.8 Å². The molecule has 0 aromatic carbocycles. The monoisotopic (exact) mass is 312 g/mol. The minimum atomic E-state index is -3.55. The molecule has 1 aliphatic rings. The van der Waals surface area contributed by atoms with Gasteiger partial charge in [0, 0.05) is 13.8 Å². The first-order valence-electron chi connectivity index (χ1n) is 6.32. The third-order valence-electron chi connectivity index (χ3n) is 3.44. The highest BCUT2D eigenvalue weighted by Gasteiger charge is 2.55. The summed E-state index contributed by atoms with van der Waals surface area (Å²) in [4.78, 5) is 23.3. The zero-order chi connectivity index (χ0) is 15.3. The molecule has 0 radical (unpaired) electrons. The van der Waals surface area contributed by atoms with E-state index in [4.69, 9.17) is 10.5 Å². The van der Waals surface area contributed by atoms with E-state index in [1.807, 2.05) is 0 Å². The number of aromatic nitrogens is 4. The summed E-state index contributed by atoms with van der Waals surface area (Å²) in [6, 6.07) is 0. The van der Waals surface area contributed by atoms with Gasteiger partial charge >= 0.3 is 0 Å². The first kappa shape index (κ1) is 14.4. The van der Waals surface area contributed by atoms with Crippen molar-refractivity contribution in [3.8, 4) is 0 Å². The van der Waals surface area contributed by atoms with E-state index in [2.05, 4.69) is 15.0 Å². The van der Waals surface area contributed by atoms with Crippen molar-refractivity contribution in [2.24, 2.45) is 0 Å². The molecule has 21 heavy (non-hydrogen) atoms. The van der Waals surface area contributed by atoms with Gasteiger partial charge < -0.3 is 29.6 Å². The van der Waals surface area contributed by atoms with Crippen LogP contribution in [0.5, 0.6) is 0 Å². The van der Waals surface area contributed by atoms with Crippen LogP contribution >= 0.6 is 7.37 Å². The van der Waals surface area contributed by atoms with Gasteiger partial charge in [-0.3, -0.25) is 0 Å². The molecule has 2 aromatic rings. The Kier molecular flexibility index (Phi) is 3.25. The van der Waals surface area contributed by atoms with Gasteiger partial charge in [0.2, 0.25) is 0 Å². The summed E-state index contributed by atoms with van der Waals surface area (Å²) in [5, 5.41) is 9.79. The smallest absolute Gasteiger partial charge is 0.165 e. The maximum absolute atomic E-state index is 11.2. The Hall–Kier alpha value is -1.54. The van der Waals surface area contributed by atoms with E-state index < -0.39 is 25.4 Å². The summed E-state index contributed by atoms with van der Waals surface area (Å²) in [6.07, 6.45) is 2.10. The molecule has 114 valence electrons. The summed E-state index contributed by atoms with van der Waals surface area (Å²) in [6.45, 7) is 1.36. The lowest BCUT2D eigenvalue weighted by Crippen LogP contribution is -2.27. The van der Waals surface area contributed by atoms with Crippen molar-refractivity contribution in [1.29, 1.82) is 0 Å². The lowest BCUT2D eigenvalue weighted by molar-refractivity contribution is -0.180. The lowest BCUT2D eigenvalue weighted by Gasteiger charge is -2.23. The Morgan fingerprint density at radius 1 is 1.62 bits per heavy atom. The highest BCUT2D eigenvalue weighted by Crippen LogP contribution is 2.45. The van der Waals surface area contributed by atoms with E-state index in [1.54, 1.807) is 4.57 Å².